The van der Waals surface area contributed by atoms with E-state index in [4.69, 9.17) is 4.74 Å². The van der Waals surface area contributed by atoms with Crippen LogP contribution in [0.1, 0.15) is 61.7 Å². The lowest BCUT2D eigenvalue weighted by Crippen LogP contribution is -2.51. The van der Waals surface area contributed by atoms with Gasteiger partial charge in [0.15, 0.2) is 0 Å². The smallest absolute Gasteiger partial charge is 0.253 e. The average molecular weight is 447 g/mol. The van der Waals surface area contributed by atoms with Gasteiger partial charge in [0.2, 0.25) is 10.0 Å². The molecule has 0 spiro atoms. The fourth-order valence-corrected chi connectivity index (χ4v) is 8.28. The molecule has 5 aliphatic rings. The zero-order valence-corrected chi connectivity index (χ0v) is 19.2. The summed E-state index contributed by atoms with van der Waals surface area (Å²) in [5, 5.41) is 0. The Balaban J connectivity index is 1.26. The third kappa shape index (κ3) is 4.41. The molecule has 1 heterocycles. The van der Waals surface area contributed by atoms with Gasteiger partial charge in [-0.25, -0.2) is 13.1 Å². The van der Waals surface area contributed by atoms with Crippen LogP contribution in [0.25, 0.3) is 0 Å². The van der Waals surface area contributed by atoms with Crippen molar-refractivity contribution >= 4 is 15.9 Å². The number of hydrogen-bond acceptors (Lipinski definition) is 4. The van der Waals surface area contributed by atoms with Gasteiger partial charge in [0.25, 0.3) is 5.91 Å². The number of benzene rings is 1. The Bertz CT molecular complexity index is 903. The number of carbonyl (C=O) groups excluding carboxylic acids is 1. The fourth-order valence-electron chi connectivity index (χ4n) is 7.17. The molecule has 6 nitrogen and oxygen atoms in total. The highest BCUT2D eigenvalue weighted by molar-refractivity contribution is 7.89. The van der Waals surface area contributed by atoms with E-state index in [1.807, 2.05) is 11.9 Å². The average Bonchev–Trinajstić information content (AvgIpc) is 3.24. The summed E-state index contributed by atoms with van der Waals surface area (Å²) in [5.74, 6) is 2.45. The number of sulfonamides is 1. The quantitative estimate of drug-likeness (QED) is 0.696. The third-order valence-corrected chi connectivity index (χ3v) is 9.42. The lowest BCUT2D eigenvalue weighted by molar-refractivity contribution is -0.0629. The number of nitrogens with zero attached hydrogens (tertiary/aromatic N) is 1. The molecule has 1 atom stereocenters. The lowest BCUT2D eigenvalue weighted by atomic mass is 9.49. The van der Waals surface area contributed by atoms with Crippen LogP contribution in [-0.4, -0.2) is 52.1 Å². The van der Waals surface area contributed by atoms with E-state index in [0.29, 0.717) is 12.2 Å². The van der Waals surface area contributed by atoms with Crippen molar-refractivity contribution < 1.29 is 17.9 Å². The van der Waals surface area contributed by atoms with Crippen LogP contribution < -0.4 is 4.72 Å². The topological polar surface area (TPSA) is 75.7 Å². The van der Waals surface area contributed by atoms with Crippen molar-refractivity contribution in [2.24, 2.45) is 23.2 Å². The molecule has 6 rings (SSSR count). The zero-order valence-electron chi connectivity index (χ0n) is 18.4. The molecule has 1 amide bonds. The number of carbonyl (C=O) groups is 1. The molecule has 7 heteroatoms. The van der Waals surface area contributed by atoms with E-state index < -0.39 is 10.0 Å². The third-order valence-electron chi connectivity index (χ3n) is 8.00. The summed E-state index contributed by atoms with van der Waals surface area (Å²) in [6.45, 7) is 1.74. The molecule has 1 saturated heterocycles. The predicted octanol–water partition coefficient (Wildman–Crippen LogP) is 3.43. The van der Waals surface area contributed by atoms with Gasteiger partial charge in [-0.2, -0.15) is 0 Å². The highest BCUT2D eigenvalue weighted by atomic mass is 32.2. The molecule has 0 aromatic heterocycles. The molecule has 0 radical (unpaired) electrons. The summed E-state index contributed by atoms with van der Waals surface area (Å²) in [6.07, 6.45) is 9.67. The maximum Gasteiger partial charge on any atom is 0.253 e. The van der Waals surface area contributed by atoms with E-state index in [1.165, 1.54) is 44.6 Å². The van der Waals surface area contributed by atoms with E-state index in [9.17, 15) is 13.2 Å². The summed E-state index contributed by atoms with van der Waals surface area (Å²) in [7, 11) is -1.80. The summed E-state index contributed by atoms with van der Waals surface area (Å²) in [5.41, 5.74) is 0.707. The van der Waals surface area contributed by atoms with Crippen molar-refractivity contribution in [2.45, 2.75) is 62.4 Å². The highest BCUT2D eigenvalue weighted by Gasteiger charge is 2.51. The van der Waals surface area contributed by atoms with Crippen molar-refractivity contribution in [3.05, 3.63) is 29.8 Å². The van der Waals surface area contributed by atoms with Gasteiger partial charge in [0, 0.05) is 32.3 Å². The van der Waals surface area contributed by atoms with Crippen molar-refractivity contribution in [3.8, 4) is 0 Å². The molecular weight excluding hydrogens is 412 g/mol. The van der Waals surface area contributed by atoms with Gasteiger partial charge in [-0.3, -0.25) is 4.79 Å². The Morgan fingerprint density at radius 1 is 1.16 bits per heavy atom. The van der Waals surface area contributed by atoms with Crippen LogP contribution in [0.15, 0.2) is 29.2 Å². The summed E-state index contributed by atoms with van der Waals surface area (Å²) < 4.78 is 33.6. The van der Waals surface area contributed by atoms with Crippen LogP contribution in [0.2, 0.25) is 0 Å². The number of hydrogen-bond donors (Lipinski definition) is 1. The minimum Gasteiger partial charge on any atom is -0.377 e. The monoisotopic (exact) mass is 446 g/mol. The van der Waals surface area contributed by atoms with Crippen LogP contribution >= 0.6 is 0 Å². The van der Waals surface area contributed by atoms with Crippen molar-refractivity contribution in [3.63, 3.8) is 0 Å². The summed E-state index contributed by atoms with van der Waals surface area (Å²) in [6, 6.07) is 6.44. The molecule has 170 valence electrons. The van der Waals surface area contributed by atoms with Gasteiger partial charge in [-0.15, -0.1) is 0 Å². The molecule has 4 bridgehead atoms. The van der Waals surface area contributed by atoms with Crippen LogP contribution in [0.4, 0.5) is 0 Å². The van der Waals surface area contributed by atoms with E-state index in [2.05, 4.69) is 4.72 Å². The molecule has 1 aromatic carbocycles. The van der Waals surface area contributed by atoms with Crippen molar-refractivity contribution in [2.75, 3.05) is 26.7 Å². The van der Waals surface area contributed by atoms with E-state index in [0.717, 1.165) is 37.1 Å². The second-order valence-electron chi connectivity index (χ2n) is 10.6. The summed E-state index contributed by atoms with van der Waals surface area (Å²) >= 11 is 0. The number of nitrogens with one attached hydrogen (secondary N) is 1. The molecule has 1 aliphatic heterocycles. The Kier molecular flexibility index (Phi) is 5.64. The van der Waals surface area contributed by atoms with Gasteiger partial charge in [0.1, 0.15) is 0 Å². The first-order valence-corrected chi connectivity index (χ1v) is 13.3. The van der Waals surface area contributed by atoms with Crippen molar-refractivity contribution in [1.82, 2.24) is 9.62 Å². The first-order valence-electron chi connectivity index (χ1n) is 11.8. The molecular formula is C24H34N2O4S. The van der Waals surface area contributed by atoms with Crippen LogP contribution in [-0.2, 0) is 14.8 Å². The Morgan fingerprint density at radius 2 is 1.84 bits per heavy atom. The maximum absolute atomic E-state index is 13.2. The van der Waals surface area contributed by atoms with Gasteiger partial charge < -0.3 is 9.64 Å². The molecule has 4 aliphatic carbocycles. The van der Waals surface area contributed by atoms with Gasteiger partial charge in [-0.05, 0) is 92.7 Å². The Labute approximate surface area is 185 Å². The van der Waals surface area contributed by atoms with Gasteiger partial charge >= 0.3 is 0 Å². The maximum atomic E-state index is 13.2. The standard InChI is InChI=1S/C24H34N2O4S/c1-26(16-24-12-17-8-18(13-24)10-19(9-17)14-24)23(27)20-4-2-6-22(11-20)31(28,29)25-15-21-5-3-7-30-21/h2,4,6,11,17-19,21,25H,3,5,7-10,12-16H2,1H3. The summed E-state index contributed by atoms with van der Waals surface area (Å²) in [4.78, 5) is 15.2. The lowest BCUT2D eigenvalue weighted by Gasteiger charge is -2.57. The van der Waals surface area contributed by atoms with Crippen LogP contribution in [0.3, 0.4) is 0 Å². The molecule has 1 aromatic rings. The molecule has 1 unspecified atom stereocenters. The fraction of sp³-hybridized carbons (Fsp3) is 0.708. The van der Waals surface area contributed by atoms with Crippen LogP contribution in [0, 0.1) is 23.2 Å². The van der Waals surface area contributed by atoms with Crippen LogP contribution in [0.5, 0.6) is 0 Å². The van der Waals surface area contributed by atoms with E-state index in [1.54, 1.807) is 18.2 Å². The molecule has 5 fully saturated rings. The normalized spacial score (nSPS) is 34.2. The van der Waals surface area contributed by atoms with Crippen molar-refractivity contribution in [1.29, 1.82) is 0 Å². The van der Waals surface area contributed by atoms with Gasteiger partial charge in [-0.1, -0.05) is 6.07 Å². The van der Waals surface area contributed by atoms with Gasteiger partial charge in [0.05, 0.1) is 11.0 Å². The zero-order chi connectivity index (χ0) is 21.6. The minimum absolute atomic E-state index is 0.0639. The molecule has 31 heavy (non-hydrogen) atoms. The van der Waals surface area contributed by atoms with E-state index in [-0.39, 0.29) is 28.9 Å². The number of amides is 1. The molecule has 4 saturated carbocycles. The SMILES string of the molecule is CN(CC12CC3CC(CC(C3)C1)C2)C(=O)c1cccc(S(=O)(=O)NCC2CCCO2)c1. The first kappa shape index (κ1) is 21.4. The molecule has 1 N–H and O–H groups in total. The predicted molar refractivity (Wildman–Crippen MR) is 118 cm³/mol. The van der Waals surface area contributed by atoms with E-state index >= 15 is 0 Å². The second-order valence-corrected chi connectivity index (χ2v) is 12.4. The highest BCUT2D eigenvalue weighted by Crippen LogP contribution is 2.60. The number of ether oxygens (including phenoxy) is 1. The Morgan fingerprint density at radius 3 is 2.45 bits per heavy atom. The Hall–Kier alpha value is -1.44. The number of rotatable bonds is 7. The first-order chi connectivity index (χ1) is 14.8. The minimum atomic E-state index is -3.67. The second kappa shape index (κ2) is 8.16. The largest absolute Gasteiger partial charge is 0.377 e.